The molecule has 0 amide bonds. The van der Waals surface area contributed by atoms with E-state index in [2.05, 4.69) is 33.8 Å². The van der Waals surface area contributed by atoms with Crippen molar-refractivity contribution in [2.75, 3.05) is 0 Å². The molecule has 2 saturated carbocycles. The highest BCUT2D eigenvalue weighted by Crippen LogP contribution is 2.71. The number of allylic oxidation sites excluding steroid dienone is 2. The van der Waals surface area contributed by atoms with Crippen LogP contribution < -0.4 is 0 Å². The zero-order valence-electron chi connectivity index (χ0n) is 11.0. The van der Waals surface area contributed by atoms with Gasteiger partial charge in [0.15, 0.2) is 0 Å². The van der Waals surface area contributed by atoms with Crippen molar-refractivity contribution >= 4 is 0 Å². The Hall–Kier alpha value is -0.300. The molecule has 0 aliphatic heterocycles. The van der Waals surface area contributed by atoms with Gasteiger partial charge in [-0.25, -0.2) is 0 Å². The molecule has 16 heavy (non-hydrogen) atoms. The Balaban J connectivity index is 2.13. The van der Waals surface area contributed by atoms with Crippen LogP contribution in [0.5, 0.6) is 0 Å². The van der Waals surface area contributed by atoms with Crippen LogP contribution in [-0.2, 0) is 0 Å². The molecule has 2 bridgehead atoms. The number of aliphatic hydroxyl groups excluding tert-OH is 1. The molecule has 3 aliphatic carbocycles. The topological polar surface area (TPSA) is 20.2 Å². The first-order valence-corrected chi connectivity index (χ1v) is 6.74. The number of hydrogen-bond acceptors (Lipinski definition) is 1. The fourth-order valence-corrected chi connectivity index (χ4v) is 5.50. The van der Waals surface area contributed by atoms with Gasteiger partial charge in [0.25, 0.3) is 0 Å². The number of fused-ring (bicyclic) bond motifs is 1. The van der Waals surface area contributed by atoms with Gasteiger partial charge < -0.3 is 5.11 Å². The van der Waals surface area contributed by atoms with Crippen molar-refractivity contribution in [3.8, 4) is 0 Å². The van der Waals surface area contributed by atoms with Crippen LogP contribution in [-0.4, -0.2) is 11.2 Å². The van der Waals surface area contributed by atoms with Gasteiger partial charge in [0, 0.05) is 0 Å². The van der Waals surface area contributed by atoms with Gasteiger partial charge in [0.1, 0.15) is 0 Å². The van der Waals surface area contributed by atoms with Crippen molar-refractivity contribution in [1.29, 1.82) is 0 Å². The van der Waals surface area contributed by atoms with E-state index in [1.54, 1.807) is 5.57 Å². The Morgan fingerprint density at radius 2 is 2.06 bits per heavy atom. The minimum absolute atomic E-state index is 0.0608. The van der Waals surface area contributed by atoms with Gasteiger partial charge in [-0.3, -0.25) is 0 Å². The number of rotatable bonds is 0. The molecular formula is C15H24O. The lowest BCUT2D eigenvalue weighted by Gasteiger charge is -2.37. The molecule has 1 nitrogen and oxygen atoms in total. The van der Waals surface area contributed by atoms with Crippen molar-refractivity contribution in [2.45, 2.75) is 53.1 Å². The van der Waals surface area contributed by atoms with E-state index in [0.29, 0.717) is 28.6 Å². The van der Waals surface area contributed by atoms with E-state index in [0.717, 1.165) is 6.42 Å². The molecule has 1 N–H and O–H groups in total. The summed E-state index contributed by atoms with van der Waals surface area (Å²) in [6.45, 7) is 9.41. The third kappa shape index (κ3) is 1.01. The van der Waals surface area contributed by atoms with E-state index in [9.17, 15) is 5.11 Å². The Morgan fingerprint density at radius 1 is 1.38 bits per heavy atom. The first kappa shape index (κ1) is 10.8. The van der Waals surface area contributed by atoms with Crippen LogP contribution in [0, 0.1) is 28.6 Å². The van der Waals surface area contributed by atoms with E-state index in [1.807, 2.05) is 0 Å². The summed E-state index contributed by atoms with van der Waals surface area (Å²) in [4.78, 5) is 0. The van der Waals surface area contributed by atoms with E-state index in [-0.39, 0.29) is 6.10 Å². The summed E-state index contributed by atoms with van der Waals surface area (Å²) >= 11 is 0. The molecule has 0 saturated heterocycles. The van der Waals surface area contributed by atoms with Gasteiger partial charge in [-0.2, -0.15) is 0 Å². The largest absolute Gasteiger partial charge is 0.393 e. The molecule has 0 aromatic heterocycles. The standard InChI is InChI=1S/C15H24O/c1-9-5-6-15-8-11(9)14(3,4)13(15)12(16)7-10(15)2/h5,10-13,16H,6-8H2,1-4H3/t10-,11-,12-,13-,15-/m0/s1. The van der Waals surface area contributed by atoms with Crippen molar-refractivity contribution in [1.82, 2.24) is 0 Å². The van der Waals surface area contributed by atoms with Crippen LogP contribution in [0.15, 0.2) is 11.6 Å². The number of aliphatic hydroxyl groups is 1. The smallest absolute Gasteiger partial charge is 0.0582 e. The second kappa shape index (κ2) is 2.93. The minimum atomic E-state index is -0.0608. The highest BCUT2D eigenvalue weighted by molar-refractivity contribution is 5.26. The highest BCUT2D eigenvalue weighted by Gasteiger charge is 2.66. The van der Waals surface area contributed by atoms with Gasteiger partial charge >= 0.3 is 0 Å². The summed E-state index contributed by atoms with van der Waals surface area (Å²) in [6.07, 6.45) is 5.96. The van der Waals surface area contributed by atoms with Crippen molar-refractivity contribution in [3.63, 3.8) is 0 Å². The third-order valence-electron chi connectivity index (χ3n) is 6.22. The van der Waals surface area contributed by atoms with Crippen LogP contribution in [0.2, 0.25) is 0 Å². The molecule has 2 fully saturated rings. The Labute approximate surface area is 98.9 Å². The predicted molar refractivity (Wildman–Crippen MR) is 66.0 cm³/mol. The second-order valence-electron chi connectivity index (χ2n) is 7.15. The van der Waals surface area contributed by atoms with E-state index < -0.39 is 0 Å². The molecule has 90 valence electrons. The maximum Gasteiger partial charge on any atom is 0.0582 e. The van der Waals surface area contributed by atoms with Gasteiger partial charge in [-0.1, -0.05) is 32.4 Å². The van der Waals surface area contributed by atoms with E-state index in [1.165, 1.54) is 12.8 Å². The highest BCUT2D eigenvalue weighted by atomic mass is 16.3. The first-order chi connectivity index (χ1) is 7.39. The molecule has 5 atom stereocenters. The summed E-state index contributed by atoms with van der Waals surface area (Å²) < 4.78 is 0. The monoisotopic (exact) mass is 220 g/mol. The normalized spacial score (nSPS) is 53.7. The molecule has 0 unspecified atom stereocenters. The van der Waals surface area contributed by atoms with Gasteiger partial charge in [-0.15, -0.1) is 0 Å². The molecule has 1 heteroatoms. The molecule has 0 radical (unpaired) electrons. The van der Waals surface area contributed by atoms with Crippen molar-refractivity contribution in [3.05, 3.63) is 11.6 Å². The second-order valence-corrected chi connectivity index (χ2v) is 7.15. The average molecular weight is 220 g/mol. The van der Waals surface area contributed by atoms with Crippen molar-refractivity contribution in [2.24, 2.45) is 28.6 Å². The zero-order valence-corrected chi connectivity index (χ0v) is 11.0. The third-order valence-corrected chi connectivity index (χ3v) is 6.22. The van der Waals surface area contributed by atoms with Crippen LogP contribution >= 0.6 is 0 Å². The summed E-state index contributed by atoms with van der Waals surface area (Å²) in [5.41, 5.74) is 2.29. The molecule has 3 aliphatic rings. The minimum Gasteiger partial charge on any atom is -0.393 e. The molecule has 3 rings (SSSR count). The predicted octanol–water partition coefficient (Wildman–Crippen LogP) is 3.39. The Morgan fingerprint density at radius 3 is 2.75 bits per heavy atom. The number of hydrogen-bond donors (Lipinski definition) is 1. The van der Waals surface area contributed by atoms with Crippen molar-refractivity contribution < 1.29 is 5.11 Å². The lowest BCUT2D eigenvalue weighted by molar-refractivity contribution is 0.0309. The van der Waals surface area contributed by atoms with Crippen LogP contribution in [0.1, 0.15) is 47.0 Å². The lowest BCUT2D eigenvalue weighted by Crippen LogP contribution is -2.35. The van der Waals surface area contributed by atoms with Gasteiger partial charge in [0.2, 0.25) is 0 Å². The van der Waals surface area contributed by atoms with Gasteiger partial charge in [0.05, 0.1) is 6.10 Å². The summed E-state index contributed by atoms with van der Waals surface area (Å²) in [7, 11) is 0. The SMILES string of the molecule is CC1=CC[C@@]23C[C@@H]1C(C)(C)[C@@H]2[C@@H](O)C[C@@H]3C. The van der Waals surface area contributed by atoms with Gasteiger partial charge in [-0.05, 0) is 54.8 Å². The molecule has 0 aromatic carbocycles. The van der Waals surface area contributed by atoms with E-state index in [4.69, 9.17) is 0 Å². The fourth-order valence-electron chi connectivity index (χ4n) is 5.50. The summed E-state index contributed by atoms with van der Waals surface area (Å²) in [5.74, 6) is 1.93. The molecule has 0 aromatic rings. The fraction of sp³-hybridized carbons (Fsp3) is 0.867. The van der Waals surface area contributed by atoms with E-state index >= 15 is 0 Å². The molecule has 1 spiro atoms. The van der Waals surface area contributed by atoms with Crippen LogP contribution in [0.25, 0.3) is 0 Å². The Bertz CT molecular complexity index is 354. The van der Waals surface area contributed by atoms with Crippen LogP contribution in [0.3, 0.4) is 0 Å². The molecular weight excluding hydrogens is 196 g/mol. The maximum atomic E-state index is 10.4. The van der Waals surface area contributed by atoms with Crippen LogP contribution in [0.4, 0.5) is 0 Å². The Kier molecular flexibility index (Phi) is 1.98. The summed E-state index contributed by atoms with van der Waals surface area (Å²) in [5, 5.41) is 10.4. The summed E-state index contributed by atoms with van der Waals surface area (Å²) in [6, 6.07) is 0. The zero-order chi connectivity index (χ0) is 11.7. The average Bonchev–Trinajstić information content (AvgIpc) is 2.54. The quantitative estimate of drug-likeness (QED) is 0.620. The molecule has 0 heterocycles. The first-order valence-electron chi connectivity index (χ1n) is 6.74. The maximum absolute atomic E-state index is 10.4. The lowest BCUT2D eigenvalue weighted by atomic mass is 9.67.